The lowest BCUT2D eigenvalue weighted by molar-refractivity contribution is 0.178. The summed E-state index contributed by atoms with van der Waals surface area (Å²) in [6, 6.07) is 0. The van der Waals surface area contributed by atoms with Crippen LogP contribution in [-0.4, -0.2) is 21.3 Å². The van der Waals surface area contributed by atoms with Gasteiger partial charge in [0.05, 0.1) is 0 Å². The third kappa shape index (κ3) is 1.92. The minimum Gasteiger partial charge on any atom is -0.290 e. The zero-order valence-electron chi connectivity index (χ0n) is 5.08. The standard InChI is InChI=1S/C3H9O4P/c1-5-8(4,6-2)7-3/h1-3H3/i1+1,2+1,3+1. The van der Waals surface area contributed by atoms with Crippen LogP contribution in [0.15, 0.2) is 0 Å². The van der Waals surface area contributed by atoms with E-state index in [1.165, 1.54) is 21.3 Å². The van der Waals surface area contributed by atoms with E-state index in [0.717, 1.165) is 0 Å². The third-order valence-corrected chi connectivity index (χ3v) is 2.01. The van der Waals surface area contributed by atoms with E-state index in [4.69, 9.17) is 0 Å². The third-order valence-electron chi connectivity index (χ3n) is 0.671. The molecule has 0 fully saturated rings. The predicted octanol–water partition coefficient (Wildman–Crippen LogP) is 1.03. The summed E-state index contributed by atoms with van der Waals surface area (Å²) < 4.78 is 23.7. The second kappa shape index (κ2) is 3.20. The van der Waals surface area contributed by atoms with E-state index < -0.39 is 7.82 Å². The fourth-order valence-electron chi connectivity index (χ4n) is 0.224. The molecule has 0 aliphatic rings. The van der Waals surface area contributed by atoms with E-state index in [9.17, 15) is 4.57 Å². The van der Waals surface area contributed by atoms with Gasteiger partial charge in [0.2, 0.25) is 0 Å². The quantitative estimate of drug-likeness (QED) is 0.437. The molecule has 50 valence electrons. The molecule has 4 nitrogen and oxygen atoms in total. The molecule has 8 heavy (non-hydrogen) atoms. The lowest BCUT2D eigenvalue weighted by Gasteiger charge is -2.08. The van der Waals surface area contributed by atoms with Crippen molar-refractivity contribution < 1.29 is 18.1 Å². The molecule has 0 saturated heterocycles. The Morgan fingerprint density at radius 3 is 1.25 bits per heavy atom. The second-order valence-corrected chi connectivity index (χ2v) is 2.98. The van der Waals surface area contributed by atoms with Gasteiger partial charge in [-0.1, -0.05) is 0 Å². The van der Waals surface area contributed by atoms with Gasteiger partial charge in [0, 0.05) is 21.3 Å². The first-order valence-electron chi connectivity index (χ1n) is 1.96. The molecule has 0 aromatic heterocycles. The summed E-state index contributed by atoms with van der Waals surface area (Å²) >= 11 is 0. The molecule has 0 atom stereocenters. The van der Waals surface area contributed by atoms with Crippen molar-refractivity contribution in [2.45, 2.75) is 0 Å². The van der Waals surface area contributed by atoms with Gasteiger partial charge in [-0.05, 0) is 0 Å². The van der Waals surface area contributed by atoms with Gasteiger partial charge in [0.1, 0.15) is 0 Å². The summed E-state index contributed by atoms with van der Waals surface area (Å²) in [5.41, 5.74) is 0. The Morgan fingerprint density at radius 2 is 1.25 bits per heavy atom. The molecule has 0 spiro atoms. The Balaban J connectivity index is 3.79. The van der Waals surface area contributed by atoms with Crippen LogP contribution < -0.4 is 0 Å². The molecule has 0 aliphatic carbocycles. The lowest BCUT2D eigenvalue weighted by atomic mass is 12.7. The maximum absolute atomic E-state index is 10.7. The van der Waals surface area contributed by atoms with Crippen molar-refractivity contribution in [3.05, 3.63) is 0 Å². The average Bonchev–Trinajstić information content (AvgIpc) is 1.87. The van der Waals surface area contributed by atoms with E-state index in [1.807, 2.05) is 0 Å². The first-order valence-corrected chi connectivity index (χ1v) is 3.42. The Kier molecular flexibility index (Phi) is 3.24. The van der Waals surface area contributed by atoms with Gasteiger partial charge < -0.3 is 0 Å². The van der Waals surface area contributed by atoms with Gasteiger partial charge in [-0.15, -0.1) is 0 Å². The van der Waals surface area contributed by atoms with Crippen LogP contribution in [0.3, 0.4) is 0 Å². The zero-order valence-corrected chi connectivity index (χ0v) is 5.97. The SMILES string of the molecule is [13CH3]OP(=O)(O[13CH3])O[13CH3]. The summed E-state index contributed by atoms with van der Waals surface area (Å²) in [6.07, 6.45) is 0. The molecule has 0 bridgehead atoms. The molecule has 0 rings (SSSR count). The number of hydrogen-bond acceptors (Lipinski definition) is 4. The summed E-state index contributed by atoms with van der Waals surface area (Å²) in [4.78, 5) is 0. The zero-order chi connectivity index (χ0) is 6.62. The smallest absolute Gasteiger partial charge is 0.290 e. The number of phosphoric ester groups is 1. The first-order chi connectivity index (χ1) is 3.68. The molecule has 0 saturated carbocycles. The van der Waals surface area contributed by atoms with Gasteiger partial charge in [-0.25, -0.2) is 4.57 Å². The normalized spacial score (nSPS) is 11.9. The van der Waals surface area contributed by atoms with E-state index in [-0.39, 0.29) is 0 Å². The van der Waals surface area contributed by atoms with Crippen molar-refractivity contribution in [2.24, 2.45) is 0 Å². The van der Waals surface area contributed by atoms with Crippen molar-refractivity contribution in [2.75, 3.05) is 21.3 Å². The molecule has 0 unspecified atom stereocenters. The van der Waals surface area contributed by atoms with Crippen molar-refractivity contribution in [1.82, 2.24) is 0 Å². The van der Waals surface area contributed by atoms with E-state index in [2.05, 4.69) is 13.6 Å². The Hall–Kier alpha value is 0.110. The van der Waals surface area contributed by atoms with E-state index in [1.54, 1.807) is 0 Å². The van der Waals surface area contributed by atoms with Crippen LogP contribution in [0.25, 0.3) is 0 Å². The fraction of sp³-hybridized carbons (Fsp3) is 1.00. The summed E-state index contributed by atoms with van der Waals surface area (Å²) in [5.74, 6) is 0. The number of phosphoric acid groups is 1. The van der Waals surface area contributed by atoms with Crippen LogP contribution >= 0.6 is 7.82 Å². The Labute approximate surface area is 48.4 Å². The maximum atomic E-state index is 10.7. The highest BCUT2D eigenvalue weighted by Gasteiger charge is 2.18. The van der Waals surface area contributed by atoms with Gasteiger partial charge >= 0.3 is 7.82 Å². The van der Waals surface area contributed by atoms with Crippen molar-refractivity contribution in [3.8, 4) is 0 Å². The highest BCUT2D eigenvalue weighted by Crippen LogP contribution is 2.46. The molecule has 0 amide bonds. The van der Waals surface area contributed by atoms with E-state index in [0.29, 0.717) is 0 Å². The topological polar surface area (TPSA) is 44.8 Å². The van der Waals surface area contributed by atoms with Crippen LogP contribution in [0.2, 0.25) is 0 Å². The highest BCUT2D eigenvalue weighted by atomic mass is 31.2. The first kappa shape index (κ1) is 8.11. The van der Waals surface area contributed by atoms with Gasteiger partial charge in [0.25, 0.3) is 0 Å². The predicted molar refractivity (Wildman–Crippen MR) is 28.6 cm³/mol. The van der Waals surface area contributed by atoms with Crippen LogP contribution in [0.5, 0.6) is 0 Å². The van der Waals surface area contributed by atoms with Gasteiger partial charge in [0.15, 0.2) is 0 Å². The van der Waals surface area contributed by atoms with Crippen molar-refractivity contribution >= 4 is 7.82 Å². The minimum atomic E-state index is -3.16. The second-order valence-electron chi connectivity index (χ2n) is 0.995. The molecule has 0 aromatic rings. The fourth-order valence-corrected chi connectivity index (χ4v) is 0.671. The Morgan fingerprint density at radius 1 is 1.00 bits per heavy atom. The number of rotatable bonds is 3. The maximum Gasteiger partial charge on any atom is 0.473 e. The summed E-state index contributed by atoms with van der Waals surface area (Å²) in [7, 11) is 0.611. The Bertz CT molecular complexity index is 82.4. The minimum absolute atomic E-state index is 1.26. The van der Waals surface area contributed by atoms with Gasteiger partial charge in [-0.2, -0.15) is 0 Å². The molecule has 0 aromatic carbocycles. The average molecular weight is 143 g/mol. The van der Waals surface area contributed by atoms with Gasteiger partial charge in [-0.3, -0.25) is 13.6 Å². The van der Waals surface area contributed by atoms with Crippen LogP contribution in [-0.2, 0) is 18.1 Å². The van der Waals surface area contributed by atoms with E-state index >= 15 is 0 Å². The molecule has 0 radical (unpaired) electrons. The summed E-state index contributed by atoms with van der Waals surface area (Å²) in [5, 5.41) is 0. The van der Waals surface area contributed by atoms with Crippen LogP contribution in [0, 0.1) is 0 Å². The van der Waals surface area contributed by atoms with Crippen molar-refractivity contribution in [1.29, 1.82) is 0 Å². The largest absolute Gasteiger partial charge is 0.473 e. The van der Waals surface area contributed by atoms with Crippen LogP contribution in [0.4, 0.5) is 0 Å². The summed E-state index contributed by atoms with van der Waals surface area (Å²) in [6.45, 7) is 0. The molecule has 0 aliphatic heterocycles. The molecule has 5 heteroatoms. The molecule has 0 heterocycles. The lowest BCUT2D eigenvalue weighted by Crippen LogP contribution is -1.88. The van der Waals surface area contributed by atoms with Crippen molar-refractivity contribution in [3.63, 3.8) is 0 Å². The highest BCUT2D eigenvalue weighted by molar-refractivity contribution is 7.48. The molecular weight excluding hydrogens is 134 g/mol. The number of hydrogen-bond donors (Lipinski definition) is 0. The molecule has 0 N–H and O–H groups in total. The monoisotopic (exact) mass is 143 g/mol. The van der Waals surface area contributed by atoms with Crippen LogP contribution in [0.1, 0.15) is 0 Å². The molecular formula is C3H9O4P.